The average molecular weight is 306 g/mol. The standard InChI is InChI=1S/C15H16BrNO/c1-15(17,11-3-7-13(16)8-4-11)12-5-9-14(18-2)10-6-12/h3-10H,17H2,1-2H3. The second kappa shape index (κ2) is 5.12. The predicted octanol–water partition coefficient (Wildman–Crippen LogP) is 3.68. The molecule has 0 bridgehead atoms. The van der Waals surface area contributed by atoms with Gasteiger partial charge < -0.3 is 10.5 Å². The lowest BCUT2D eigenvalue weighted by Gasteiger charge is -2.26. The van der Waals surface area contributed by atoms with Gasteiger partial charge >= 0.3 is 0 Å². The highest BCUT2D eigenvalue weighted by molar-refractivity contribution is 9.10. The summed E-state index contributed by atoms with van der Waals surface area (Å²) >= 11 is 3.43. The molecule has 0 aliphatic heterocycles. The number of nitrogens with two attached hydrogens (primary N) is 1. The van der Waals surface area contributed by atoms with Crippen molar-refractivity contribution in [1.29, 1.82) is 0 Å². The molecule has 2 aromatic carbocycles. The summed E-state index contributed by atoms with van der Waals surface area (Å²) in [5.74, 6) is 0.838. The van der Waals surface area contributed by atoms with E-state index in [9.17, 15) is 0 Å². The molecule has 1 atom stereocenters. The minimum Gasteiger partial charge on any atom is -0.497 e. The molecule has 0 aliphatic carbocycles. The molecule has 2 aromatic rings. The first-order valence-electron chi connectivity index (χ1n) is 5.73. The van der Waals surface area contributed by atoms with E-state index in [-0.39, 0.29) is 0 Å². The van der Waals surface area contributed by atoms with Crippen molar-refractivity contribution >= 4 is 15.9 Å². The van der Waals surface area contributed by atoms with Crippen molar-refractivity contribution in [3.63, 3.8) is 0 Å². The van der Waals surface area contributed by atoms with E-state index in [0.29, 0.717) is 0 Å². The molecule has 2 nitrogen and oxygen atoms in total. The summed E-state index contributed by atoms with van der Waals surface area (Å²) in [6, 6.07) is 15.9. The topological polar surface area (TPSA) is 35.2 Å². The fraction of sp³-hybridized carbons (Fsp3) is 0.200. The Balaban J connectivity index is 2.37. The van der Waals surface area contributed by atoms with Gasteiger partial charge in [0.15, 0.2) is 0 Å². The highest BCUT2D eigenvalue weighted by atomic mass is 79.9. The molecule has 0 fully saturated rings. The van der Waals surface area contributed by atoms with Gasteiger partial charge in [0.2, 0.25) is 0 Å². The van der Waals surface area contributed by atoms with Crippen molar-refractivity contribution in [2.24, 2.45) is 5.73 Å². The largest absolute Gasteiger partial charge is 0.497 e. The number of ether oxygens (including phenoxy) is 1. The van der Waals surface area contributed by atoms with Gasteiger partial charge in [-0.25, -0.2) is 0 Å². The summed E-state index contributed by atoms with van der Waals surface area (Å²) in [6.45, 7) is 2.01. The molecule has 1 unspecified atom stereocenters. The third-order valence-corrected chi connectivity index (χ3v) is 3.66. The van der Waals surface area contributed by atoms with E-state index in [4.69, 9.17) is 10.5 Å². The third-order valence-electron chi connectivity index (χ3n) is 3.13. The molecule has 18 heavy (non-hydrogen) atoms. The van der Waals surface area contributed by atoms with Crippen molar-refractivity contribution in [3.8, 4) is 5.75 Å². The van der Waals surface area contributed by atoms with Crippen LogP contribution in [0.15, 0.2) is 53.0 Å². The van der Waals surface area contributed by atoms with Crippen molar-refractivity contribution in [2.45, 2.75) is 12.5 Å². The van der Waals surface area contributed by atoms with Crippen LogP contribution in [0.5, 0.6) is 5.75 Å². The zero-order valence-corrected chi connectivity index (χ0v) is 12.1. The first-order valence-corrected chi connectivity index (χ1v) is 6.53. The predicted molar refractivity (Wildman–Crippen MR) is 77.8 cm³/mol. The van der Waals surface area contributed by atoms with Crippen LogP contribution in [-0.4, -0.2) is 7.11 Å². The van der Waals surface area contributed by atoms with Crippen LogP contribution in [0.4, 0.5) is 0 Å². The van der Waals surface area contributed by atoms with Gasteiger partial charge in [0.05, 0.1) is 12.6 Å². The Labute approximate surface area is 116 Å². The summed E-state index contributed by atoms with van der Waals surface area (Å²) < 4.78 is 6.21. The third kappa shape index (κ3) is 2.57. The highest BCUT2D eigenvalue weighted by Gasteiger charge is 2.23. The highest BCUT2D eigenvalue weighted by Crippen LogP contribution is 2.28. The molecular formula is C15H16BrNO. The molecule has 0 radical (unpaired) electrons. The Morgan fingerprint density at radius 2 is 1.39 bits per heavy atom. The average Bonchev–Trinajstić information content (AvgIpc) is 2.39. The number of rotatable bonds is 3. The Bertz CT molecular complexity index is 517. The van der Waals surface area contributed by atoms with Crippen molar-refractivity contribution < 1.29 is 4.74 Å². The summed E-state index contributed by atoms with van der Waals surface area (Å²) in [7, 11) is 1.66. The van der Waals surface area contributed by atoms with Gasteiger partial charge in [-0.05, 0) is 42.3 Å². The number of benzene rings is 2. The SMILES string of the molecule is COc1ccc(C(C)(N)c2ccc(Br)cc2)cc1. The lowest BCUT2D eigenvalue weighted by atomic mass is 9.86. The molecule has 2 rings (SSSR count). The lowest BCUT2D eigenvalue weighted by molar-refractivity contribution is 0.414. The van der Waals surface area contributed by atoms with Gasteiger partial charge in [0.25, 0.3) is 0 Å². The monoisotopic (exact) mass is 305 g/mol. The van der Waals surface area contributed by atoms with Crippen LogP contribution in [0.1, 0.15) is 18.1 Å². The minimum atomic E-state index is -0.507. The fourth-order valence-electron chi connectivity index (χ4n) is 1.90. The molecule has 94 valence electrons. The number of methoxy groups -OCH3 is 1. The Morgan fingerprint density at radius 1 is 0.944 bits per heavy atom. The number of halogens is 1. The normalized spacial score (nSPS) is 14.0. The van der Waals surface area contributed by atoms with Crippen LogP contribution in [-0.2, 0) is 5.54 Å². The van der Waals surface area contributed by atoms with Gasteiger partial charge in [0, 0.05) is 4.47 Å². The number of hydrogen-bond acceptors (Lipinski definition) is 2. The molecule has 0 aromatic heterocycles. The molecule has 0 saturated carbocycles. The van der Waals surface area contributed by atoms with Gasteiger partial charge in [0.1, 0.15) is 5.75 Å². The molecule has 0 heterocycles. The smallest absolute Gasteiger partial charge is 0.118 e. The molecule has 2 N–H and O–H groups in total. The molecule has 3 heteroatoms. The molecular weight excluding hydrogens is 290 g/mol. The van der Waals surface area contributed by atoms with E-state index >= 15 is 0 Å². The minimum absolute atomic E-state index is 0.507. The first-order chi connectivity index (χ1) is 8.54. The van der Waals surface area contributed by atoms with E-state index in [1.54, 1.807) is 7.11 Å². The Kier molecular flexibility index (Phi) is 3.73. The number of hydrogen-bond donors (Lipinski definition) is 1. The van der Waals surface area contributed by atoms with Gasteiger partial charge in [-0.2, -0.15) is 0 Å². The maximum atomic E-state index is 6.44. The molecule has 0 spiro atoms. The van der Waals surface area contributed by atoms with Crippen LogP contribution in [0.25, 0.3) is 0 Å². The quantitative estimate of drug-likeness (QED) is 0.939. The maximum Gasteiger partial charge on any atom is 0.118 e. The molecule has 0 amide bonds. The van der Waals surface area contributed by atoms with E-state index in [2.05, 4.69) is 15.9 Å². The van der Waals surface area contributed by atoms with Gasteiger partial charge in [-0.3, -0.25) is 0 Å². The molecule has 0 aliphatic rings. The van der Waals surface area contributed by atoms with Gasteiger partial charge in [-0.1, -0.05) is 40.2 Å². The van der Waals surface area contributed by atoms with Crippen LogP contribution < -0.4 is 10.5 Å². The van der Waals surface area contributed by atoms with E-state index in [1.807, 2.05) is 55.5 Å². The van der Waals surface area contributed by atoms with Crippen LogP contribution in [0.2, 0.25) is 0 Å². The van der Waals surface area contributed by atoms with E-state index in [1.165, 1.54) is 0 Å². The van der Waals surface area contributed by atoms with E-state index in [0.717, 1.165) is 21.3 Å². The molecule has 0 saturated heterocycles. The zero-order valence-electron chi connectivity index (χ0n) is 10.5. The summed E-state index contributed by atoms with van der Waals surface area (Å²) in [5, 5.41) is 0. The summed E-state index contributed by atoms with van der Waals surface area (Å²) in [5.41, 5.74) is 8.08. The second-order valence-corrected chi connectivity index (χ2v) is 5.35. The van der Waals surface area contributed by atoms with E-state index < -0.39 is 5.54 Å². The van der Waals surface area contributed by atoms with Crippen molar-refractivity contribution in [3.05, 3.63) is 64.1 Å². The summed E-state index contributed by atoms with van der Waals surface area (Å²) in [4.78, 5) is 0. The van der Waals surface area contributed by atoms with Crippen LogP contribution in [0, 0.1) is 0 Å². The Hall–Kier alpha value is -1.32. The van der Waals surface area contributed by atoms with Crippen molar-refractivity contribution in [1.82, 2.24) is 0 Å². The van der Waals surface area contributed by atoms with Crippen LogP contribution >= 0.6 is 15.9 Å². The second-order valence-electron chi connectivity index (χ2n) is 4.44. The zero-order chi connectivity index (χ0) is 13.2. The fourth-order valence-corrected chi connectivity index (χ4v) is 2.16. The van der Waals surface area contributed by atoms with Gasteiger partial charge in [-0.15, -0.1) is 0 Å². The first kappa shape index (κ1) is 13.1. The lowest BCUT2D eigenvalue weighted by Crippen LogP contribution is -2.34. The Morgan fingerprint density at radius 3 is 1.83 bits per heavy atom. The van der Waals surface area contributed by atoms with Crippen LogP contribution in [0.3, 0.4) is 0 Å². The summed E-state index contributed by atoms with van der Waals surface area (Å²) in [6.07, 6.45) is 0. The van der Waals surface area contributed by atoms with Crippen molar-refractivity contribution in [2.75, 3.05) is 7.11 Å². The maximum absolute atomic E-state index is 6.44.